The van der Waals surface area contributed by atoms with Crippen molar-refractivity contribution in [3.8, 4) is 17.0 Å². The zero-order chi connectivity index (χ0) is 24.9. The van der Waals surface area contributed by atoms with Gasteiger partial charge in [0.25, 0.3) is 5.91 Å². The van der Waals surface area contributed by atoms with Gasteiger partial charge in [0.15, 0.2) is 0 Å². The van der Waals surface area contributed by atoms with Gasteiger partial charge in [-0.3, -0.25) is 9.78 Å². The lowest BCUT2D eigenvalue weighted by Crippen LogP contribution is -2.18. The fourth-order valence-electron chi connectivity index (χ4n) is 3.82. The molecule has 0 aliphatic rings. The molecule has 1 heterocycles. The first-order chi connectivity index (χ1) is 16.2. The number of amides is 1. The molecule has 0 bridgehead atoms. The second-order valence-corrected chi connectivity index (χ2v) is 8.02. The normalized spacial score (nSPS) is 11.4. The highest BCUT2D eigenvalue weighted by atomic mass is 19.4. The van der Waals surface area contributed by atoms with Crippen molar-refractivity contribution in [2.45, 2.75) is 53.1 Å². The lowest BCUT2D eigenvalue weighted by atomic mass is 9.99. The topological polar surface area (TPSA) is 51.2 Å². The van der Waals surface area contributed by atoms with Gasteiger partial charge in [-0.05, 0) is 49.4 Å². The van der Waals surface area contributed by atoms with Crippen LogP contribution in [0.2, 0.25) is 0 Å². The summed E-state index contributed by atoms with van der Waals surface area (Å²) in [5.74, 6) is -0.173. The van der Waals surface area contributed by atoms with Gasteiger partial charge in [-0.2, -0.15) is 13.2 Å². The molecule has 0 spiro atoms. The number of hydrogen-bond acceptors (Lipinski definition) is 3. The maximum Gasteiger partial charge on any atom is 0.416 e. The summed E-state index contributed by atoms with van der Waals surface area (Å²) in [7, 11) is 0. The van der Waals surface area contributed by atoms with Crippen molar-refractivity contribution in [3.05, 3.63) is 76.5 Å². The average molecular weight is 471 g/mol. The van der Waals surface area contributed by atoms with Gasteiger partial charge < -0.3 is 10.1 Å². The number of benzene rings is 2. The van der Waals surface area contributed by atoms with Crippen LogP contribution >= 0.6 is 0 Å². The van der Waals surface area contributed by atoms with Crippen molar-refractivity contribution >= 4 is 11.6 Å². The molecule has 3 aromatic rings. The van der Waals surface area contributed by atoms with Crippen molar-refractivity contribution in [1.82, 2.24) is 4.98 Å². The lowest BCUT2D eigenvalue weighted by Gasteiger charge is -2.19. The van der Waals surface area contributed by atoms with Crippen LogP contribution in [0.5, 0.6) is 5.75 Å². The quantitative estimate of drug-likeness (QED) is 0.377. The number of aryl methyl sites for hydroxylation is 3. The summed E-state index contributed by atoms with van der Waals surface area (Å²) in [6.07, 6.45) is -2.37. The van der Waals surface area contributed by atoms with Crippen LogP contribution in [0.15, 0.2) is 48.5 Å². The highest BCUT2D eigenvalue weighted by molar-refractivity contribution is 6.10. The molecule has 2 aromatic carbocycles. The molecule has 34 heavy (non-hydrogen) atoms. The Hall–Kier alpha value is -3.35. The number of rotatable bonds is 8. The molecule has 3 rings (SSSR count). The van der Waals surface area contributed by atoms with Crippen LogP contribution in [0.25, 0.3) is 11.3 Å². The number of aromatic nitrogens is 1. The summed E-state index contributed by atoms with van der Waals surface area (Å²) in [4.78, 5) is 18.1. The van der Waals surface area contributed by atoms with Crippen molar-refractivity contribution < 1.29 is 22.7 Å². The van der Waals surface area contributed by atoms with Crippen molar-refractivity contribution in [2.24, 2.45) is 0 Å². The van der Waals surface area contributed by atoms with E-state index in [1.807, 2.05) is 39.0 Å². The van der Waals surface area contributed by atoms with Gasteiger partial charge in [0.1, 0.15) is 11.3 Å². The summed E-state index contributed by atoms with van der Waals surface area (Å²) in [6.45, 7) is 8.02. The zero-order valence-electron chi connectivity index (χ0n) is 19.8. The number of halogens is 3. The summed E-state index contributed by atoms with van der Waals surface area (Å²) in [6, 6.07) is 12.3. The number of hydrogen-bond donors (Lipinski definition) is 1. The largest absolute Gasteiger partial charge is 0.493 e. The summed E-state index contributed by atoms with van der Waals surface area (Å²) in [5, 5.41) is 3.01. The molecule has 0 fully saturated rings. The Labute approximate surface area is 198 Å². The van der Waals surface area contributed by atoms with Crippen molar-refractivity contribution in [3.63, 3.8) is 0 Å². The monoisotopic (exact) mass is 470 g/mol. The molecule has 180 valence electrons. The van der Waals surface area contributed by atoms with Gasteiger partial charge in [-0.1, -0.05) is 51.1 Å². The summed E-state index contributed by atoms with van der Waals surface area (Å²) >= 11 is 0. The number of carbonyl (C=O) groups excluding carboxylic acids is 1. The molecule has 1 amide bonds. The van der Waals surface area contributed by atoms with E-state index in [4.69, 9.17) is 4.74 Å². The van der Waals surface area contributed by atoms with Crippen LogP contribution in [0.1, 0.15) is 59.9 Å². The van der Waals surface area contributed by atoms with E-state index < -0.39 is 17.6 Å². The highest BCUT2D eigenvalue weighted by Crippen LogP contribution is 2.36. The molecular weight excluding hydrogens is 441 g/mol. The van der Waals surface area contributed by atoms with E-state index in [2.05, 4.69) is 10.3 Å². The van der Waals surface area contributed by atoms with Crippen LogP contribution in [-0.4, -0.2) is 17.5 Å². The first kappa shape index (κ1) is 25.3. The SMILES string of the molecule is CCCOc1cc(C)nc(-c2cccc(C(F)(F)F)c2)c1C(=O)Nc1c(CC)cccc1CC. The number of pyridine rings is 1. The summed E-state index contributed by atoms with van der Waals surface area (Å²) < 4.78 is 46.1. The third-order valence-corrected chi connectivity index (χ3v) is 5.50. The molecule has 0 atom stereocenters. The molecule has 0 aliphatic heterocycles. The smallest absolute Gasteiger partial charge is 0.416 e. The van der Waals surface area contributed by atoms with E-state index >= 15 is 0 Å². The molecule has 0 saturated carbocycles. The third-order valence-electron chi connectivity index (χ3n) is 5.50. The van der Waals surface area contributed by atoms with Gasteiger partial charge in [0.05, 0.1) is 17.9 Å². The predicted molar refractivity (Wildman–Crippen MR) is 128 cm³/mol. The molecule has 1 N–H and O–H groups in total. The Balaban J connectivity index is 2.19. The second kappa shape index (κ2) is 10.7. The average Bonchev–Trinajstić information content (AvgIpc) is 2.81. The lowest BCUT2D eigenvalue weighted by molar-refractivity contribution is -0.137. The van der Waals surface area contributed by atoms with E-state index in [-0.39, 0.29) is 16.8 Å². The molecular formula is C27H29F3N2O2. The van der Waals surface area contributed by atoms with E-state index in [1.54, 1.807) is 13.0 Å². The molecule has 0 radical (unpaired) electrons. The molecule has 0 aliphatic carbocycles. The Bertz CT molecular complexity index is 1150. The Morgan fingerprint density at radius 1 is 1.00 bits per heavy atom. The maximum atomic E-state index is 13.7. The van der Waals surface area contributed by atoms with Gasteiger partial charge in [-0.25, -0.2) is 0 Å². The fourth-order valence-corrected chi connectivity index (χ4v) is 3.82. The number of ether oxygens (including phenoxy) is 1. The minimum absolute atomic E-state index is 0.117. The van der Waals surface area contributed by atoms with Crippen molar-refractivity contribution in [1.29, 1.82) is 0 Å². The first-order valence-electron chi connectivity index (χ1n) is 11.4. The second-order valence-electron chi connectivity index (χ2n) is 8.02. The van der Waals surface area contributed by atoms with Crippen LogP contribution < -0.4 is 10.1 Å². The van der Waals surface area contributed by atoms with Crippen LogP contribution in [0, 0.1) is 6.92 Å². The molecule has 0 saturated heterocycles. The van der Waals surface area contributed by atoms with Gasteiger partial charge in [-0.15, -0.1) is 0 Å². The number of alkyl halides is 3. The van der Waals surface area contributed by atoms with Crippen LogP contribution in [0.4, 0.5) is 18.9 Å². The van der Waals surface area contributed by atoms with Crippen LogP contribution in [-0.2, 0) is 19.0 Å². The molecule has 7 heteroatoms. The maximum absolute atomic E-state index is 13.7. The molecule has 1 aromatic heterocycles. The Morgan fingerprint density at radius 3 is 2.24 bits per heavy atom. The van der Waals surface area contributed by atoms with Gasteiger partial charge >= 0.3 is 6.18 Å². The standard InChI is InChI=1S/C27H29F3N2O2/c1-5-14-34-22-15-17(4)31-25(20-12-9-13-21(16-20)27(28,29)30)23(22)26(33)32-24-18(6-2)10-8-11-19(24)7-3/h8-13,15-16H,5-7,14H2,1-4H3,(H,32,33). The fraction of sp³-hybridized carbons (Fsp3) is 0.333. The number of anilines is 1. The number of nitrogens with one attached hydrogen (secondary N) is 1. The first-order valence-corrected chi connectivity index (χ1v) is 11.4. The van der Waals surface area contributed by atoms with E-state index in [0.717, 1.165) is 41.8 Å². The Morgan fingerprint density at radius 2 is 1.65 bits per heavy atom. The molecule has 4 nitrogen and oxygen atoms in total. The minimum atomic E-state index is -4.51. The van der Waals surface area contributed by atoms with E-state index in [9.17, 15) is 18.0 Å². The minimum Gasteiger partial charge on any atom is -0.493 e. The summed E-state index contributed by atoms with van der Waals surface area (Å²) in [5.41, 5.74) is 2.87. The number of nitrogens with zero attached hydrogens (tertiary/aromatic N) is 1. The number of para-hydroxylation sites is 1. The highest BCUT2D eigenvalue weighted by Gasteiger charge is 2.31. The van der Waals surface area contributed by atoms with Gasteiger partial charge in [0.2, 0.25) is 0 Å². The van der Waals surface area contributed by atoms with Crippen LogP contribution in [0.3, 0.4) is 0 Å². The zero-order valence-corrected chi connectivity index (χ0v) is 19.8. The van der Waals surface area contributed by atoms with E-state index in [1.165, 1.54) is 12.1 Å². The number of carbonyl (C=O) groups is 1. The van der Waals surface area contributed by atoms with Gasteiger partial charge in [0, 0.05) is 23.0 Å². The van der Waals surface area contributed by atoms with E-state index in [0.29, 0.717) is 24.5 Å². The van der Waals surface area contributed by atoms with Crippen molar-refractivity contribution in [2.75, 3.05) is 11.9 Å². The third kappa shape index (κ3) is 5.58. The predicted octanol–water partition coefficient (Wildman–Crippen LogP) is 7.24. The molecule has 0 unspecified atom stereocenters. The Kier molecular flexibility index (Phi) is 7.97.